The Morgan fingerprint density at radius 2 is 2.08 bits per heavy atom. The number of nitrogens with two attached hydrogens (primary N) is 1. The van der Waals surface area contributed by atoms with Gasteiger partial charge in [0.25, 0.3) is 0 Å². The molecular weight excluding hydrogens is 325 g/mol. The van der Waals surface area contributed by atoms with Crippen LogP contribution in [0.5, 0.6) is 0 Å². The summed E-state index contributed by atoms with van der Waals surface area (Å²) in [4.78, 5) is 22.3. The maximum absolute atomic E-state index is 13.6. The number of allylic oxidation sites excluding steroid dienone is 1. The van der Waals surface area contributed by atoms with Crippen molar-refractivity contribution < 1.29 is 18.7 Å². The molecule has 0 aliphatic rings. The number of amides is 1. The normalized spacial score (nSPS) is 10.5. The molecule has 1 heterocycles. The van der Waals surface area contributed by atoms with Gasteiger partial charge in [-0.1, -0.05) is 6.08 Å². The van der Waals surface area contributed by atoms with Crippen LogP contribution in [0, 0.1) is 18.2 Å². The molecule has 0 saturated heterocycles. The molecule has 2 aromatic rings. The number of benzene rings is 1. The van der Waals surface area contributed by atoms with Crippen LogP contribution in [0.1, 0.15) is 17.7 Å². The lowest BCUT2D eigenvalue weighted by molar-refractivity contribution is -0.141. The molecule has 3 N–H and O–H groups in total. The number of ether oxygens (including phenoxy) is 1. The summed E-state index contributed by atoms with van der Waals surface area (Å²) >= 11 is 0. The predicted molar refractivity (Wildman–Crippen MR) is 95.1 cm³/mol. The van der Waals surface area contributed by atoms with Crippen molar-refractivity contribution in [2.45, 2.75) is 26.3 Å². The van der Waals surface area contributed by atoms with Crippen LogP contribution in [0.3, 0.4) is 0 Å². The van der Waals surface area contributed by atoms with Gasteiger partial charge in [0.15, 0.2) is 0 Å². The smallest absolute Gasteiger partial charge is 0.325 e. The van der Waals surface area contributed by atoms with Crippen LogP contribution in [0.25, 0.3) is 10.9 Å². The van der Waals surface area contributed by atoms with E-state index < -0.39 is 5.91 Å². The quantitative estimate of drug-likeness (QED) is 0.477. The largest absolute Gasteiger partial charge is 0.468 e. The summed E-state index contributed by atoms with van der Waals surface area (Å²) in [7, 11) is 1.33. The van der Waals surface area contributed by atoms with E-state index in [-0.39, 0.29) is 18.3 Å². The van der Waals surface area contributed by atoms with E-state index in [0.717, 1.165) is 22.2 Å². The topological polar surface area (TPSA) is 98.2 Å². The van der Waals surface area contributed by atoms with Crippen LogP contribution in [0.2, 0.25) is 0 Å². The fourth-order valence-electron chi connectivity index (χ4n) is 2.66. The minimum Gasteiger partial charge on any atom is -0.468 e. The average Bonchev–Trinajstić information content (AvgIpc) is 2.84. The fraction of sp³-hybridized carbons (Fsp3) is 0.278. The molecule has 2 rings (SSSR count). The third-order valence-electron chi connectivity index (χ3n) is 3.77. The number of halogens is 1. The predicted octanol–water partition coefficient (Wildman–Crippen LogP) is 2.50. The first-order valence-electron chi connectivity index (χ1n) is 7.59. The zero-order valence-corrected chi connectivity index (χ0v) is 14.3. The number of hydrogen-bond acceptors (Lipinski definition) is 4. The molecular formula is C18H22FN3O3. The zero-order valence-electron chi connectivity index (χ0n) is 14.3. The van der Waals surface area contributed by atoms with Gasteiger partial charge in [0.1, 0.15) is 12.4 Å². The van der Waals surface area contributed by atoms with Crippen molar-refractivity contribution in [3.05, 3.63) is 47.4 Å². The van der Waals surface area contributed by atoms with Crippen molar-refractivity contribution in [1.82, 2.24) is 4.57 Å². The van der Waals surface area contributed by atoms with Gasteiger partial charge in [0, 0.05) is 16.6 Å². The first kappa shape index (κ1) is 20.1. The highest BCUT2D eigenvalue weighted by molar-refractivity contribution is 5.87. The Hall–Kier alpha value is -2.96. The number of aromatic nitrogens is 1. The molecule has 0 bridgehead atoms. The van der Waals surface area contributed by atoms with Crippen LogP contribution in [-0.4, -0.2) is 30.3 Å². The number of esters is 1. The Bertz CT molecular complexity index is 796. The van der Waals surface area contributed by atoms with Gasteiger partial charge in [-0.25, -0.2) is 4.39 Å². The maximum atomic E-state index is 13.6. The molecule has 0 aliphatic carbocycles. The Morgan fingerprint density at radius 3 is 2.68 bits per heavy atom. The van der Waals surface area contributed by atoms with E-state index in [4.69, 9.17) is 15.9 Å². The van der Waals surface area contributed by atoms with Crippen LogP contribution in [-0.2, 0) is 27.3 Å². The second kappa shape index (κ2) is 9.36. The summed E-state index contributed by atoms with van der Waals surface area (Å²) in [6, 6.07) is 4.49. The fourth-order valence-corrected chi connectivity index (χ4v) is 2.66. The van der Waals surface area contributed by atoms with Crippen LogP contribution < -0.4 is 5.73 Å². The van der Waals surface area contributed by atoms with E-state index in [1.807, 2.05) is 11.5 Å². The lowest BCUT2D eigenvalue weighted by atomic mass is 10.1. The summed E-state index contributed by atoms with van der Waals surface area (Å²) < 4.78 is 20.1. The second-order valence-electron chi connectivity index (χ2n) is 5.23. The maximum Gasteiger partial charge on any atom is 0.325 e. The van der Waals surface area contributed by atoms with Gasteiger partial charge in [0.2, 0.25) is 5.91 Å². The Labute approximate surface area is 145 Å². The van der Waals surface area contributed by atoms with Gasteiger partial charge in [-0.05, 0) is 56.3 Å². The molecule has 0 fully saturated rings. The monoisotopic (exact) mass is 347 g/mol. The van der Waals surface area contributed by atoms with E-state index in [0.29, 0.717) is 12.8 Å². The van der Waals surface area contributed by atoms with E-state index in [9.17, 15) is 14.0 Å². The lowest BCUT2D eigenvalue weighted by Gasteiger charge is -2.07. The van der Waals surface area contributed by atoms with E-state index >= 15 is 0 Å². The van der Waals surface area contributed by atoms with Gasteiger partial charge in [0.05, 0.1) is 7.11 Å². The molecule has 1 amide bonds. The number of fused-ring (bicyclic) bond motifs is 1. The van der Waals surface area contributed by atoms with E-state index in [2.05, 4.69) is 6.72 Å². The number of aryl methyl sites for hydroxylation is 1. The first-order chi connectivity index (χ1) is 11.9. The Kier molecular flexibility index (Phi) is 7.52. The molecule has 6 nitrogen and oxygen atoms in total. The van der Waals surface area contributed by atoms with Crippen molar-refractivity contribution in [3.63, 3.8) is 0 Å². The molecule has 0 radical (unpaired) electrons. The standard InChI is InChI=1S/C17H19FN2O3.CH3N/c1-11-13(5-3-4-6-16(19)21)14-9-12(18)7-8-15(14)20(11)10-17(22)23-2;1-2/h4,6-9H,3,5,10H2,1-2H3,(H2,19,21);2H,1H2/b6-4-;. The van der Waals surface area contributed by atoms with Gasteiger partial charge in [-0.2, -0.15) is 0 Å². The van der Waals surface area contributed by atoms with Crippen molar-refractivity contribution in [2.24, 2.45) is 5.73 Å². The number of carbonyl (C=O) groups excluding carboxylic acids is 2. The Balaban J connectivity index is 0.00000151. The highest BCUT2D eigenvalue weighted by Gasteiger charge is 2.16. The third-order valence-corrected chi connectivity index (χ3v) is 3.77. The van der Waals surface area contributed by atoms with Crippen LogP contribution in [0.15, 0.2) is 30.4 Å². The number of hydrogen-bond donors (Lipinski definition) is 2. The Morgan fingerprint density at radius 1 is 1.40 bits per heavy atom. The minimum absolute atomic E-state index is 0.0710. The molecule has 0 atom stereocenters. The molecule has 7 heteroatoms. The summed E-state index contributed by atoms with van der Waals surface area (Å²) in [6.07, 6.45) is 4.20. The van der Waals surface area contributed by atoms with Gasteiger partial charge < -0.3 is 20.4 Å². The number of nitrogens with one attached hydrogen (secondary N) is 1. The lowest BCUT2D eigenvalue weighted by Crippen LogP contribution is -2.12. The van der Waals surface area contributed by atoms with Crippen molar-refractivity contribution in [3.8, 4) is 0 Å². The van der Waals surface area contributed by atoms with Crippen molar-refractivity contribution in [1.29, 1.82) is 5.41 Å². The SMILES string of the molecule is C=N.COC(=O)Cn1c(C)c(CC/C=C\C(N)=O)c2cc(F)ccc21. The van der Waals surface area contributed by atoms with Gasteiger partial charge in [-0.3, -0.25) is 9.59 Å². The van der Waals surface area contributed by atoms with Gasteiger partial charge >= 0.3 is 5.97 Å². The number of nitrogens with zero attached hydrogens (tertiary/aromatic N) is 1. The molecule has 1 aromatic heterocycles. The molecule has 25 heavy (non-hydrogen) atoms. The number of primary amides is 1. The number of carbonyl (C=O) groups is 2. The second-order valence-corrected chi connectivity index (χ2v) is 5.23. The molecule has 0 aliphatic heterocycles. The molecule has 0 spiro atoms. The highest BCUT2D eigenvalue weighted by Crippen LogP contribution is 2.28. The average molecular weight is 347 g/mol. The van der Waals surface area contributed by atoms with E-state index in [1.54, 1.807) is 12.1 Å². The van der Waals surface area contributed by atoms with Gasteiger partial charge in [-0.15, -0.1) is 0 Å². The summed E-state index contributed by atoms with van der Waals surface area (Å²) in [6.45, 7) is 4.45. The van der Waals surface area contributed by atoms with E-state index in [1.165, 1.54) is 25.3 Å². The third kappa shape index (κ3) is 5.00. The molecule has 0 saturated carbocycles. The minimum atomic E-state index is -0.499. The van der Waals surface area contributed by atoms with Crippen molar-refractivity contribution >= 4 is 29.5 Å². The van der Waals surface area contributed by atoms with Crippen molar-refractivity contribution in [2.75, 3.05) is 7.11 Å². The van der Waals surface area contributed by atoms with Crippen LogP contribution >= 0.6 is 0 Å². The highest BCUT2D eigenvalue weighted by atomic mass is 19.1. The first-order valence-corrected chi connectivity index (χ1v) is 7.59. The summed E-state index contributed by atoms with van der Waals surface area (Å²) in [5, 5.41) is 6.26. The molecule has 0 unspecified atom stereocenters. The summed E-state index contributed by atoms with van der Waals surface area (Å²) in [5.41, 5.74) is 7.66. The zero-order chi connectivity index (χ0) is 19.0. The number of methoxy groups -OCH3 is 1. The molecule has 134 valence electrons. The summed E-state index contributed by atoms with van der Waals surface area (Å²) in [5.74, 6) is -1.20. The molecule has 1 aromatic carbocycles. The van der Waals surface area contributed by atoms with Crippen LogP contribution in [0.4, 0.5) is 4.39 Å². The number of rotatable bonds is 6.